The van der Waals surface area contributed by atoms with Gasteiger partial charge >= 0.3 is 0 Å². The number of rotatable bonds is 5. The van der Waals surface area contributed by atoms with Gasteiger partial charge in [0.2, 0.25) is 0 Å². The zero-order valence-corrected chi connectivity index (χ0v) is 8.95. The van der Waals surface area contributed by atoms with E-state index in [1.807, 2.05) is 0 Å². The van der Waals surface area contributed by atoms with E-state index in [2.05, 4.69) is 10.6 Å². The topological polar surface area (TPSA) is 33.3 Å². The third-order valence-electron chi connectivity index (χ3n) is 2.37. The quantitative estimate of drug-likeness (QED) is 0.512. The molecule has 0 heterocycles. The maximum Gasteiger partial charge on any atom is 0.166 e. The zero-order chi connectivity index (χ0) is 9.52. The normalized spacial score (nSPS) is 16.4. The first-order chi connectivity index (χ1) is 6.33. The van der Waals surface area contributed by atoms with E-state index in [1.54, 1.807) is 7.11 Å². The fraction of sp³-hybridized carbons (Fsp3) is 0.889. The highest BCUT2D eigenvalue weighted by atomic mass is 32.1. The molecule has 0 spiro atoms. The van der Waals surface area contributed by atoms with E-state index < -0.39 is 0 Å². The molecule has 0 aromatic rings. The van der Waals surface area contributed by atoms with Crippen LogP contribution in [0.25, 0.3) is 0 Å². The van der Waals surface area contributed by atoms with E-state index in [0.29, 0.717) is 6.61 Å². The van der Waals surface area contributed by atoms with Crippen LogP contribution in [0.4, 0.5) is 0 Å². The molecule has 0 amide bonds. The van der Waals surface area contributed by atoms with Crippen LogP contribution in [0.1, 0.15) is 19.3 Å². The van der Waals surface area contributed by atoms with E-state index in [4.69, 9.17) is 17.0 Å². The molecule has 2 N–H and O–H groups in total. The molecular formula is C9H18N2OS. The standard InChI is InChI=1S/C9H18N2OS/c1-12-6-5-10-9(13)11-7-8-3-2-4-8/h8H,2-7H2,1H3,(H2,10,11,13). The first kappa shape index (κ1) is 10.7. The molecule has 0 aromatic heterocycles. The van der Waals surface area contributed by atoms with Crippen molar-refractivity contribution in [1.82, 2.24) is 10.6 Å². The largest absolute Gasteiger partial charge is 0.383 e. The number of nitrogens with one attached hydrogen (secondary N) is 2. The maximum atomic E-state index is 5.08. The summed E-state index contributed by atoms with van der Waals surface area (Å²) in [5.74, 6) is 0.849. The second-order valence-corrected chi connectivity index (χ2v) is 3.83. The van der Waals surface area contributed by atoms with Gasteiger partial charge in [-0.3, -0.25) is 0 Å². The fourth-order valence-electron chi connectivity index (χ4n) is 1.26. The smallest absolute Gasteiger partial charge is 0.166 e. The second-order valence-electron chi connectivity index (χ2n) is 3.43. The van der Waals surface area contributed by atoms with Crippen molar-refractivity contribution < 1.29 is 4.74 Å². The van der Waals surface area contributed by atoms with Gasteiger partial charge in [-0.1, -0.05) is 6.42 Å². The van der Waals surface area contributed by atoms with Crippen LogP contribution in [0.5, 0.6) is 0 Å². The molecule has 0 saturated heterocycles. The monoisotopic (exact) mass is 202 g/mol. The average Bonchev–Trinajstić information content (AvgIpc) is 2.02. The van der Waals surface area contributed by atoms with Crippen LogP contribution >= 0.6 is 12.2 Å². The molecule has 0 radical (unpaired) electrons. The van der Waals surface area contributed by atoms with Gasteiger partial charge in [-0.05, 0) is 31.0 Å². The lowest BCUT2D eigenvalue weighted by molar-refractivity contribution is 0.203. The summed E-state index contributed by atoms with van der Waals surface area (Å²) in [4.78, 5) is 0. The number of ether oxygens (including phenoxy) is 1. The molecule has 1 rings (SSSR count). The van der Waals surface area contributed by atoms with Gasteiger partial charge in [0.05, 0.1) is 6.61 Å². The number of hydrogen-bond acceptors (Lipinski definition) is 2. The number of methoxy groups -OCH3 is 1. The molecule has 0 bridgehead atoms. The molecule has 0 unspecified atom stereocenters. The Hall–Kier alpha value is -0.350. The van der Waals surface area contributed by atoms with Crippen molar-refractivity contribution in [2.45, 2.75) is 19.3 Å². The van der Waals surface area contributed by atoms with Crippen molar-refractivity contribution in [3.63, 3.8) is 0 Å². The van der Waals surface area contributed by atoms with Gasteiger partial charge in [-0.2, -0.15) is 0 Å². The van der Waals surface area contributed by atoms with Crippen molar-refractivity contribution in [3.8, 4) is 0 Å². The predicted molar refractivity (Wildman–Crippen MR) is 57.8 cm³/mol. The van der Waals surface area contributed by atoms with E-state index >= 15 is 0 Å². The molecular weight excluding hydrogens is 184 g/mol. The Kier molecular flexibility index (Phi) is 5.08. The summed E-state index contributed by atoms with van der Waals surface area (Å²) in [6, 6.07) is 0. The minimum absolute atomic E-state index is 0.700. The molecule has 76 valence electrons. The Bertz CT molecular complexity index is 160. The highest BCUT2D eigenvalue weighted by Gasteiger charge is 2.16. The van der Waals surface area contributed by atoms with Gasteiger partial charge in [0.25, 0.3) is 0 Å². The number of thiocarbonyl (C=S) groups is 1. The Morgan fingerprint density at radius 3 is 2.77 bits per heavy atom. The third-order valence-corrected chi connectivity index (χ3v) is 2.66. The van der Waals surface area contributed by atoms with Crippen molar-refractivity contribution in [1.29, 1.82) is 0 Å². The van der Waals surface area contributed by atoms with E-state index in [9.17, 15) is 0 Å². The highest BCUT2D eigenvalue weighted by Crippen LogP contribution is 2.24. The summed E-state index contributed by atoms with van der Waals surface area (Å²) < 4.78 is 4.90. The SMILES string of the molecule is COCCNC(=S)NCC1CCC1. The van der Waals surface area contributed by atoms with Crippen molar-refractivity contribution >= 4 is 17.3 Å². The summed E-state index contributed by atoms with van der Waals surface area (Å²) in [6.07, 6.45) is 4.09. The van der Waals surface area contributed by atoms with Crippen molar-refractivity contribution in [3.05, 3.63) is 0 Å². The molecule has 0 aromatic carbocycles. The lowest BCUT2D eigenvalue weighted by Gasteiger charge is -2.26. The van der Waals surface area contributed by atoms with Crippen LogP contribution in [-0.2, 0) is 4.74 Å². The first-order valence-corrected chi connectivity index (χ1v) is 5.24. The van der Waals surface area contributed by atoms with Crippen LogP contribution in [0.15, 0.2) is 0 Å². The second kappa shape index (κ2) is 6.16. The fourth-order valence-corrected chi connectivity index (χ4v) is 1.45. The Balaban J connectivity index is 1.90. The van der Waals surface area contributed by atoms with Crippen LogP contribution in [0, 0.1) is 5.92 Å². The maximum absolute atomic E-state index is 5.08. The minimum atomic E-state index is 0.700. The Labute approximate surface area is 85.2 Å². The number of hydrogen-bond donors (Lipinski definition) is 2. The van der Waals surface area contributed by atoms with Crippen molar-refractivity contribution in [2.75, 3.05) is 26.8 Å². The summed E-state index contributed by atoms with van der Waals surface area (Å²) in [7, 11) is 1.69. The van der Waals surface area contributed by atoms with Crippen LogP contribution in [0.2, 0.25) is 0 Å². The Morgan fingerprint density at radius 1 is 1.46 bits per heavy atom. The summed E-state index contributed by atoms with van der Waals surface area (Å²) >= 11 is 5.08. The highest BCUT2D eigenvalue weighted by molar-refractivity contribution is 7.80. The summed E-state index contributed by atoms with van der Waals surface area (Å²) in [5.41, 5.74) is 0. The molecule has 3 nitrogen and oxygen atoms in total. The average molecular weight is 202 g/mol. The van der Waals surface area contributed by atoms with E-state index in [1.165, 1.54) is 19.3 Å². The van der Waals surface area contributed by atoms with E-state index in [0.717, 1.165) is 24.1 Å². The Morgan fingerprint density at radius 2 is 2.23 bits per heavy atom. The zero-order valence-electron chi connectivity index (χ0n) is 8.14. The van der Waals surface area contributed by atoms with Crippen LogP contribution in [-0.4, -0.2) is 31.9 Å². The molecule has 13 heavy (non-hydrogen) atoms. The molecule has 0 aliphatic heterocycles. The summed E-state index contributed by atoms with van der Waals surface area (Å²) in [5, 5.41) is 7.04. The van der Waals surface area contributed by atoms with Crippen LogP contribution in [0.3, 0.4) is 0 Å². The molecule has 1 saturated carbocycles. The minimum Gasteiger partial charge on any atom is -0.383 e. The molecule has 1 aliphatic rings. The van der Waals surface area contributed by atoms with E-state index in [-0.39, 0.29) is 0 Å². The lowest BCUT2D eigenvalue weighted by Crippen LogP contribution is -2.40. The van der Waals surface area contributed by atoms with Gasteiger partial charge in [0.1, 0.15) is 0 Å². The molecule has 1 fully saturated rings. The van der Waals surface area contributed by atoms with Gasteiger partial charge < -0.3 is 15.4 Å². The van der Waals surface area contributed by atoms with Crippen molar-refractivity contribution in [2.24, 2.45) is 5.92 Å². The van der Waals surface area contributed by atoms with Crippen LogP contribution < -0.4 is 10.6 Å². The first-order valence-electron chi connectivity index (χ1n) is 4.83. The predicted octanol–water partition coefficient (Wildman–Crippen LogP) is 0.897. The van der Waals surface area contributed by atoms with Gasteiger partial charge in [0, 0.05) is 20.2 Å². The molecule has 0 atom stereocenters. The third kappa shape index (κ3) is 4.43. The lowest BCUT2D eigenvalue weighted by atomic mass is 9.85. The van der Waals surface area contributed by atoms with Gasteiger partial charge in [-0.25, -0.2) is 0 Å². The van der Waals surface area contributed by atoms with Gasteiger partial charge in [-0.15, -0.1) is 0 Å². The summed E-state index contributed by atoms with van der Waals surface area (Å²) in [6.45, 7) is 2.51. The molecule has 4 heteroatoms. The van der Waals surface area contributed by atoms with Gasteiger partial charge in [0.15, 0.2) is 5.11 Å². The molecule has 1 aliphatic carbocycles.